The molecule has 20 heavy (non-hydrogen) atoms. The van der Waals surface area contributed by atoms with E-state index >= 15 is 0 Å². The number of rotatable bonds is 4. The number of allylic oxidation sites excluding steroid dienone is 1. The van der Waals surface area contributed by atoms with E-state index < -0.39 is 10.1 Å². The molecule has 2 aromatic rings. The van der Waals surface area contributed by atoms with Crippen LogP contribution in [0.4, 0.5) is 0 Å². The zero-order valence-electron chi connectivity index (χ0n) is 10.4. The summed E-state index contributed by atoms with van der Waals surface area (Å²) in [6.45, 7) is 0. The van der Waals surface area contributed by atoms with Gasteiger partial charge in [0.1, 0.15) is 6.29 Å². The van der Waals surface area contributed by atoms with Crippen LogP contribution >= 0.6 is 0 Å². The van der Waals surface area contributed by atoms with E-state index in [9.17, 15) is 13.2 Å². The van der Waals surface area contributed by atoms with Gasteiger partial charge in [0.05, 0.1) is 4.90 Å². The van der Waals surface area contributed by atoms with Crippen LogP contribution in [0.3, 0.4) is 0 Å². The predicted octanol–water partition coefficient (Wildman–Crippen LogP) is 2.81. The molecule has 0 aliphatic heterocycles. The molecule has 0 radical (unpaired) electrons. The second-order valence-electron chi connectivity index (χ2n) is 4.12. The summed E-state index contributed by atoms with van der Waals surface area (Å²) in [6, 6.07) is 13.4. The summed E-state index contributed by atoms with van der Waals surface area (Å²) in [5.41, 5.74) is 2.58. The average molecular weight is 288 g/mol. The summed E-state index contributed by atoms with van der Waals surface area (Å²) < 4.78 is 30.9. The summed E-state index contributed by atoms with van der Waals surface area (Å²) in [7, 11) is -4.17. The van der Waals surface area contributed by atoms with Crippen LogP contribution in [0.15, 0.2) is 59.5 Å². The van der Waals surface area contributed by atoms with Gasteiger partial charge in [0.25, 0.3) is 10.1 Å². The number of benzene rings is 2. The first-order valence-electron chi connectivity index (χ1n) is 5.80. The maximum absolute atomic E-state index is 11.0. The summed E-state index contributed by atoms with van der Waals surface area (Å²) >= 11 is 0. The van der Waals surface area contributed by atoms with Crippen LogP contribution in [-0.4, -0.2) is 19.3 Å². The second kappa shape index (κ2) is 5.81. The molecule has 0 bridgehead atoms. The van der Waals surface area contributed by atoms with Gasteiger partial charge >= 0.3 is 0 Å². The minimum absolute atomic E-state index is 0.141. The molecule has 0 fully saturated rings. The van der Waals surface area contributed by atoms with Crippen molar-refractivity contribution >= 4 is 22.5 Å². The summed E-state index contributed by atoms with van der Waals surface area (Å²) in [4.78, 5) is 10.2. The van der Waals surface area contributed by atoms with E-state index in [1.807, 2.05) is 24.3 Å². The topological polar surface area (TPSA) is 71.4 Å². The first-order chi connectivity index (χ1) is 9.50. The lowest BCUT2D eigenvalue weighted by Crippen LogP contribution is -1.97. The highest BCUT2D eigenvalue weighted by atomic mass is 32.2. The maximum Gasteiger partial charge on any atom is 0.294 e. The van der Waals surface area contributed by atoms with Crippen molar-refractivity contribution < 1.29 is 17.8 Å². The van der Waals surface area contributed by atoms with Crippen LogP contribution in [0.1, 0.15) is 5.56 Å². The smallest absolute Gasteiger partial charge is 0.294 e. The molecule has 1 N–H and O–H groups in total. The van der Waals surface area contributed by atoms with E-state index in [1.54, 1.807) is 18.2 Å². The van der Waals surface area contributed by atoms with E-state index in [0.29, 0.717) is 6.29 Å². The van der Waals surface area contributed by atoms with Gasteiger partial charge in [-0.3, -0.25) is 9.35 Å². The van der Waals surface area contributed by atoms with Crippen LogP contribution in [0.2, 0.25) is 0 Å². The molecule has 4 nitrogen and oxygen atoms in total. The third-order valence-electron chi connectivity index (χ3n) is 2.74. The Bertz CT molecular complexity index is 744. The Balaban J connectivity index is 2.37. The van der Waals surface area contributed by atoms with Crippen molar-refractivity contribution in [1.82, 2.24) is 0 Å². The Morgan fingerprint density at radius 3 is 2.25 bits per heavy atom. The summed E-state index contributed by atoms with van der Waals surface area (Å²) in [6.07, 6.45) is 3.79. The maximum atomic E-state index is 11.0. The van der Waals surface area contributed by atoms with Gasteiger partial charge in [-0.15, -0.1) is 0 Å². The highest BCUT2D eigenvalue weighted by Gasteiger charge is 2.08. The largest absolute Gasteiger partial charge is 0.299 e. The quantitative estimate of drug-likeness (QED) is 0.533. The molecule has 5 heteroatoms. The molecular weight excluding hydrogens is 276 g/mol. The van der Waals surface area contributed by atoms with Gasteiger partial charge in [0.2, 0.25) is 0 Å². The fourth-order valence-electron chi connectivity index (χ4n) is 1.79. The van der Waals surface area contributed by atoms with E-state index in [1.165, 1.54) is 18.2 Å². The van der Waals surface area contributed by atoms with Gasteiger partial charge in [-0.05, 0) is 41.0 Å². The Labute approximate surface area is 117 Å². The van der Waals surface area contributed by atoms with Gasteiger partial charge < -0.3 is 0 Å². The van der Waals surface area contributed by atoms with Crippen LogP contribution in [-0.2, 0) is 14.9 Å². The minimum atomic E-state index is -4.17. The van der Waals surface area contributed by atoms with Crippen molar-refractivity contribution in [2.45, 2.75) is 4.90 Å². The molecule has 0 heterocycles. The Morgan fingerprint density at radius 2 is 1.65 bits per heavy atom. The third-order valence-corrected chi connectivity index (χ3v) is 3.61. The van der Waals surface area contributed by atoms with Crippen molar-refractivity contribution in [2.75, 3.05) is 0 Å². The van der Waals surface area contributed by atoms with Crippen molar-refractivity contribution in [3.63, 3.8) is 0 Å². The van der Waals surface area contributed by atoms with E-state index in [0.717, 1.165) is 16.7 Å². The molecule has 2 rings (SSSR count). The van der Waals surface area contributed by atoms with Crippen molar-refractivity contribution in [3.8, 4) is 11.1 Å². The van der Waals surface area contributed by atoms with Crippen molar-refractivity contribution in [1.29, 1.82) is 0 Å². The number of carbonyl (C=O) groups excluding carboxylic acids is 1. The number of hydrogen-bond donors (Lipinski definition) is 1. The minimum Gasteiger partial charge on any atom is -0.299 e. The van der Waals surface area contributed by atoms with Gasteiger partial charge in [0, 0.05) is 0 Å². The normalized spacial score (nSPS) is 11.7. The molecule has 0 aliphatic carbocycles. The zero-order valence-corrected chi connectivity index (χ0v) is 11.2. The molecule has 0 saturated heterocycles. The van der Waals surface area contributed by atoms with Crippen LogP contribution in [0.5, 0.6) is 0 Å². The van der Waals surface area contributed by atoms with E-state index in [2.05, 4.69) is 0 Å². The number of hydrogen-bond acceptors (Lipinski definition) is 3. The lowest BCUT2D eigenvalue weighted by Gasteiger charge is -2.04. The van der Waals surface area contributed by atoms with Crippen LogP contribution in [0, 0.1) is 0 Å². The highest BCUT2D eigenvalue weighted by Crippen LogP contribution is 2.22. The SMILES string of the molecule is O=CC=Cc1cccc(-c2ccc(S(=O)(=O)O)cc2)c1. The standard InChI is InChI=1S/C15H12O4S/c16-10-2-4-12-3-1-5-14(11-12)13-6-8-15(9-7-13)20(17,18)19/h1-11H,(H,17,18,19). The zero-order chi connectivity index (χ0) is 14.6. The second-order valence-corrected chi connectivity index (χ2v) is 5.54. The van der Waals surface area contributed by atoms with E-state index in [-0.39, 0.29) is 4.90 Å². The fraction of sp³-hybridized carbons (Fsp3) is 0. The first kappa shape index (κ1) is 14.2. The molecule has 2 aromatic carbocycles. The Hall–Kier alpha value is -2.24. The molecule has 0 saturated carbocycles. The fourth-order valence-corrected chi connectivity index (χ4v) is 2.27. The van der Waals surface area contributed by atoms with Gasteiger partial charge in [0.15, 0.2) is 0 Å². The first-order valence-corrected chi connectivity index (χ1v) is 7.24. The molecule has 0 atom stereocenters. The number of aldehydes is 1. The summed E-state index contributed by atoms with van der Waals surface area (Å²) in [5.74, 6) is 0. The van der Waals surface area contributed by atoms with Gasteiger partial charge in [-0.2, -0.15) is 8.42 Å². The Morgan fingerprint density at radius 1 is 0.950 bits per heavy atom. The Kier molecular flexibility index (Phi) is 4.12. The van der Waals surface area contributed by atoms with E-state index in [4.69, 9.17) is 4.55 Å². The monoisotopic (exact) mass is 288 g/mol. The number of carbonyl (C=O) groups is 1. The van der Waals surface area contributed by atoms with Crippen molar-refractivity contribution in [3.05, 3.63) is 60.2 Å². The lowest BCUT2D eigenvalue weighted by molar-refractivity contribution is -0.104. The summed E-state index contributed by atoms with van der Waals surface area (Å²) in [5, 5.41) is 0. The molecule has 0 amide bonds. The van der Waals surface area contributed by atoms with Crippen molar-refractivity contribution in [2.24, 2.45) is 0 Å². The molecule has 102 valence electrons. The highest BCUT2D eigenvalue weighted by molar-refractivity contribution is 7.85. The van der Waals surface area contributed by atoms with Gasteiger partial charge in [-0.25, -0.2) is 0 Å². The van der Waals surface area contributed by atoms with Crippen LogP contribution < -0.4 is 0 Å². The molecule has 0 unspecified atom stereocenters. The third kappa shape index (κ3) is 3.40. The molecule has 0 aromatic heterocycles. The molecule has 0 spiro atoms. The predicted molar refractivity (Wildman–Crippen MR) is 76.8 cm³/mol. The average Bonchev–Trinajstić information content (AvgIpc) is 2.45. The molecule has 0 aliphatic rings. The molecular formula is C15H12O4S. The van der Waals surface area contributed by atoms with Gasteiger partial charge in [-0.1, -0.05) is 36.4 Å². The lowest BCUT2D eigenvalue weighted by atomic mass is 10.0. The van der Waals surface area contributed by atoms with Crippen LogP contribution in [0.25, 0.3) is 17.2 Å².